The second-order valence-corrected chi connectivity index (χ2v) is 12.3. The van der Waals surface area contributed by atoms with E-state index in [0.717, 1.165) is 0 Å². The SMILES string of the molecule is C[C@H](N)C(=O)N[C@@H](C)C(=O)N[C@@H](Cc1ccccc1)C(=O)C(Cl)C(=O)C(Cl)C(=O)[C@H](Cc1ccccc1)NC(=O)[C@H](C)NC(=O)[C@H](C)N. The van der Waals surface area contributed by atoms with Crippen molar-refractivity contribution < 1.29 is 33.6 Å². The average molecular weight is 706 g/mol. The molecule has 0 saturated carbocycles. The molecule has 2 unspecified atom stereocenters. The number of hydrogen-bond acceptors (Lipinski definition) is 9. The average Bonchev–Trinajstić information content (AvgIpc) is 3.06. The summed E-state index contributed by atoms with van der Waals surface area (Å²) in [6.07, 6.45) is -0.150. The highest BCUT2D eigenvalue weighted by Gasteiger charge is 2.40. The maximum absolute atomic E-state index is 13.6. The minimum absolute atomic E-state index is 0.0749. The van der Waals surface area contributed by atoms with Gasteiger partial charge in [-0.1, -0.05) is 60.7 Å². The molecule has 13 nitrogen and oxygen atoms in total. The molecular weight excluding hydrogens is 663 g/mol. The highest BCUT2D eigenvalue weighted by molar-refractivity contribution is 6.53. The normalized spacial score (nSPS) is 16.0. The molecule has 0 fully saturated rings. The van der Waals surface area contributed by atoms with Crippen molar-refractivity contribution in [3.63, 3.8) is 0 Å². The molecule has 0 radical (unpaired) electrons. The molecule has 0 aromatic heterocycles. The lowest BCUT2D eigenvalue weighted by molar-refractivity contribution is -0.134. The molecule has 15 heteroatoms. The van der Waals surface area contributed by atoms with E-state index in [1.807, 2.05) is 0 Å². The zero-order valence-electron chi connectivity index (χ0n) is 27.1. The quantitative estimate of drug-likeness (QED) is 0.0912. The number of benzene rings is 2. The Balaban J connectivity index is 2.29. The number of carbonyl (C=O) groups is 7. The van der Waals surface area contributed by atoms with E-state index in [4.69, 9.17) is 34.7 Å². The highest BCUT2D eigenvalue weighted by Crippen LogP contribution is 2.17. The number of nitrogens with one attached hydrogen (secondary N) is 4. The Hall–Kier alpha value is -4.17. The standard InChI is InChI=1S/C33H42Cl2N6O7/c1-17(36)30(45)38-19(3)32(47)40-23(15-21-11-7-5-8-12-21)27(42)25(34)29(44)26(35)28(43)24(16-22-13-9-6-10-14-22)41-33(48)20(4)39-31(46)18(2)37/h5-14,17-20,23-26H,15-16,36-37H2,1-4H3,(H,38,45)(H,39,46)(H,40,47)(H,41,48)/t17-,18-,19-,20-,23-,24-,25?,26?/m0/s1. The van der Waals surface area contributed by atoms with E-state index in [1.165, 1.54) is 27.7 Å². The van der Waals surface area contributed by atoms with Crippen LogP contribution < -0.4 is 32.7 Å². The van der Waals surface area contributed by atoms with Gasteiger partial charge in [0.25, 0.3) is 0 Å². The van der Waals surface area contributed by atoms with E-state index in [2.05, 4.69) is 21.3 Å². The molecule has 2 aromatic rings. The number of nitrogens with two attached hydrogens (primary N) is 2. The number of amides is 4. The number of Topliss-reactive ketones (excluding diaryl/α,β-unsaturated/α-hetero) is 3. The van der Waals surface area contributed by atoms with E-state index in [9.17, 15) is 33.6 Å². The molecule has 2 aromatic carbocycles. The van der Waals surface area contributed by atoms with Crippen molar-refractivity contribution in [1.82, 2.24) is 21.3 Å². The molecule has 8 atom stereocenters. The predicted molar refractivity (Wildman–Crippen MR) is 181 cm³/mol. The molecule has 0 saturated heterocycles. The van der Waals surface area contributed by atoms with Gasteiger partial charge in [0.2, 0.25) is 23.6 Å². The summed E-state index contributed by atoms with van der Waals surface area (Å²) in [7, 11) is 0. The van der Waals surface area contributed by atoms with Crippen molar-refractivity contribution in [3.05, 3.63) is 71.8 Å². The molecule has 0 aliphatic rings. The van der Waals surface area contributed by atoms with Gasteiger partial charge in [-0.15, -0.1) is 23.2 Å². The zero-order valence-corrected chi connectivity index (χ0v) is 28.6. The van der Waals surface area contributed by atoms with Crippen molar-refractivity contribution in [2.24, 2.45) is 11.5 Å². The van der Waals surface area contributed by atoms with Crippen molar-refractivity contribution in [2.45, 2.75) is 87.5 Å². The van der Waals surface area contributed by atoms with E-state index < -0.39 is 88.0 Å². The molecule has 2 rings (SSSR count). The van der Waals surface area contributed by atoms with Gasteiger partial charge >= 0.3 is 0 Å². The second-order valence-electron chi connectivity index (χ2n) is 11.5. The number of ketones is 3. The van der Waals surface area contributed by atoms with Gasteiger partial charge < -0.3 is 32.7 Å². The summed E-state index contributed by atoms with van der Waals surface area (Å²) in [5, 5.41) is 5.95. The summed E-state index contributed by atoms with van der Waals surface area (Å²) >= 11 is 12.7. The van der Waals surface area contributed by atoms with Crippen LogP contribution in [0.3, 0.4) is 0 Å². The van der Waals surface area contributed by atoms with Crippen LogP contribution in [0, 0.1) is 0 Å². The maximum atomic E-state index is 13.6. The molecule has 8 N–H and O–H groups in total. The third-order valence-electron chi connectivity index (χ3n) is 7.22. The van der Waals surface area contributed by atoms with Gasteiger partial charge in [-0.25, -0.2) is 0 Å². The lowest BCUT2D eigenvalue weighted by Gasteiger charge is -2.25. The predicted octanol–water partition coefficient (Wildman–Crippen LogP) is 0.0673. The van der Waals surface area contributed by atoms with E-state index in [0.29, 0.717) is 11.1 Å². The van der Waals surface area contributed by atoms with Gasteiger partial charge in [-0.3, -0.25) is 33.6 Å². The first-order valence-corrected chi connectivity index (χ1v) is 16.1. The van der Waals surface area contributed by atoms with Crippen LogP contribution >= 0.6 is 23.2 Å². The smallest absolute Gasteiger partial charge is 0.242 e. The van der Waals surface area contributed by atoms with Crippen molar-refractivity contribution >= 4 is 64.2 Å². The summed E-state index contributed by atoms with van der Waals surface area (Å²) in [5.41, 5.74) is 12.4. The molecule has 0 aliphatic heterocycles. The number of alkyl halides is 2. The molecule has 48 heavy (non-hydrogen) atoms. The minimum Gasteiger partial charge on any atom is -0.344 e. The number of rotatable bonds is 18. The molecule has 4 amide bonds. The highest BCUT2D eigenvalue weighted by atomic mass is 35.5. The third kappa shape index (κ3) is 12.1. The Labute approximate surface area is 289 Å². The Morgan fingerprint density at radius 2 is 0.833 bits per heavy atom. The van der Waals surface area contributed by atoms with Gasteiger partial charge in [0.05, 0.1) is 24.2 Å². The second kappa shape index (κ2) is 19.0. The van der Waals surface area contributed by atoms with Gasteiger partial charge in [0.1, 0.15) is 12.1 Å². The first kappa shape index (κ1) is 40.0. The Bertz CT molecular complexity index is 1350. The fraction of sp³-hybridized carbons (Fsp3) is 0.424. The van der Waals surface area contributed by atoms with Crippen molar-refractivity contribution in [1.29, 1.82) is 0 Å². The summed E-state index contributed by atoms with van der Waals surface area (Å²) in [6, 6.07) is 10.5. The molecule has 0 aliphatic carbocycles. The molecular formula is C33H42Cl2N6O7. The number of halogens is 2. The van der Waals surface area contributed by atoms with Gasteiger partial charge in [-0.2, -0.15) is 0 Å². The van der Waals surface area contributed by atoms with Crippen LogP contribution in [-0.4, -0.2) is 88.0 Å². The fourth-order valence-electron chi connectivity index (χ4n) is 4.32. The van der Waals surface area contributed by atoms with Crippen molar-refractivity contribution in [3.8, 4) is 0 Å². The van der Waals surface area contributed by atoms with Crippen LogP contribution in [0.15, 0.2) is 60.7 Å². The summed E-state index contributed by atoms with van der Waals surface area (Å²) in [4.78, 5) is 90.6. The van der Waals surface area contributed by atoms with Gasteiger partial charge in [0, 0.05) is 0 Å². The molecule has 0 bridgehead atoms. The van der Waals surface area contributed by atoms with Gasteiger partial charge in [-0.05, 0) is 51.7 Å². The first-order valence-electron chi connectivity index (χ1n) is 15.2. The summed E-state index contributed by atoms with van der Waals surface area (Å²) in [6.45, 7) is 5.65. The molecule has 0 spiro atoms. The van der Waals surface area contributed by atoms with Crippen LogP contribution in [0.4, 0.5) is 0 Å². The first-order chi connectivity index (χ1) is 22.5. The van der Waals surface area contributed by atoms with Crippen molar-refractivity contribution in [2.75, 3.05) is 0 Å². The number of carbonyl (C=O) groups excluding carboxylic acids is 7. The Kier molecular flexibility index (Phi) is 15.8. The Morgan fingerprint density at radius 3 is 1.12 bits per heavy atom. The van der Waals surface area contributed by atoms with Crippen LogP contribution in [-0.2, 0) is 46.4 Å². The van der Waals surface area contributed by atoms with Gasteiger partial charge in [0.15, 0.2) is 28.1 Å². The fourth-order valence-corrected chi connectivity index (χ4v) is 4.94. The zero-order chi connectivity index (χ0) is 36.1. The van der Waals surface area contributed by atoms with Crippen LogP contribution in [0.25, 0.3) is 0 Å². The summed E-state index contributed by atoms with van der Waals surface area (Å²) in [5.74, 6) is -5.74. The van der Waals surface area contributed by atoms with Crippen LogP contribution in [0.1, 0.15) is 38.8 Å². The maximum Gasteiger partial charge on any atom is 0.242 e. The monoisotopic (exact) mass is 704 g/mol. The lowest BCUT2D eigenvalue weighted by Crippen LogP contribution is -2.56. The summed E-state index contributed by atoms with van der Waals surface area (Å²) < 4.78 is 0. The van der Waals surface area contributed by atoms with Crippen LogP contribution in [0.2, 0.25) is 0 Å². The lowest BCUT2D eigenvalue weighted by atomic mass is 9.94. The largest absolute Gasteiger partial charge is 0.344 e. The third-order valence-corrected chi connectivity index (χ3v) is 8.08. The van der Waals surface area contributed by atoms with Crippen LogP contribution in [0.5, 0.6) is 0 Å². The van der Waals surface area contributed by atoms with E-state index in [-0.39, 0.29) is 12.8 Å². The van der Waals surface area contributed by atoms with E-state index >= 15 is 0 Å². The number of hydrogen-bond donors (Lipinski definition) is 6. The van der Waals surface area contributed by atoms with E-state index in [1.54, 1.807) is 60.7 Å². The molecule has 0 heterocycles. The minimum atomic E-state index is -1.98. The molecule has 260 valence electrons. The topological polar surface area (TPSA) is 220 Å². The Morgan fingerprint density at radius 1 is 0.521 bits per heavy atom.